The van der Waals surface area contributed by atoms with Crippen molar-refractivity contribution in [2.24, 2.45) is 5.41 Å². The van der Waals surface area contributed by atoms with Gasteiger partial charge in [0.15, 0.2) is 11.6 Å². The van der Waals surface area contributed by atoms with E-state index in [9.17, 15) is 18.4 Å². The topological polar surface area (TPSA) is 59.3 Å². The van der Waals surface area contributed by atoms with E-state index < -0.39 is 17.7 Å². The van der Waals surface area contributed by atoms with Crippen molar-refractivity contribution in [2.75, 3.05) is 20.1 Å². The predicted octanol–water partition coefficient (Wildman–Crippen LogP) is 3.99. The number of hydrogen-bond acceptors (Lipinski definition) is 3. The van der Waals surface area contributed by atoms with Gasteiger partial charge >= 0.3 is 5.69 Å². The normalized spacial score (nSPS) is 21.7. The zero-order valence-electron chi connectivity index (χ0n) is 19.5. The molecule has 6 nitrogen and oxygen atoms in total. The number of likely N-dealkylation sites (N-methyl/N-ethyl adjacent to an activating group) is 1. The average Bonchev–Trinajstić information content (AvgIpc) is 3.04. The average molecular weight is 449 g/mol. The lowest BCUT2D eigenvalue weighted by molar-refractivity contribution is -0.123. The van der Waals surface area contributed by atoms with Crippen LogP contribution in [0.5, 0.6) is 0 Å². The Morgan fingerprint density at radius 2 is 1.59 bits per heavy atom. The third kappa shape index (κ3) is 4.09. The highest BCUT2D eigenvalue weighted by Crippen LogP contribution is 2.38. The van der Waals surface area contributed by atoms with Gasteiger partial charge < -0.3 is 10.2 Å². The zero-order chi connectivity index (χ0) is 23.2. The largest absolute Gasteiger partial charge is 0.357 e. The van der Waals surface area contributed by atoms with Crippen molar-refractivity contribution in [3.05, 3.63) is 34.3 Å². The molecule has 2 aromatic rings. The van der Waals surface area contributed by atoms with Crippen LogP contribution in [0.25, 0.3) is 11.0 Å². The predicted molar refractivity (Wildman–Crippen MR) is 121 cm³/mol. The first-order valence-electron chi connectivity index (χ1n) is 11.7. The Labute approximate surface area is 187 Å². The van der Waals surface area contributed by atoms with Gasteiger partial charge in [0.1, 0.15) is 6.04 Å². The van der Waals surface area contributed by atoms with Gasteiger partial charge in [0.2, 0.25) is 5.91 Å². The number of carbonyl (C=O) groups is 1. The van der Waals surface area contributed by atoms with Gasteiger partial charge in [-0.15, -0.1) is 0 Å². The van der Waals surface area contributed by atoms with E-state index in [1.54, 1.807) is 11.5 Å². The van der Waals surface area contributed by atoms with Crippen LogP contribution in [-0.4, -0.2) is 46.1 Å². The maximum absolute atomic E-state index is 14.1. The van der Waals surface area contributed by atoms with E-state index in [0.29, 0.717) is 17.0 Å². The number of hydrogen-bond donors (Lipinski definition) is 1. The number of piperidine rings is 1. The van der Waals surface area contributed by atoms with Crippen LogP contribution in [0.2, 0.25) is 0 Å². The second kappa shape index (κ2) is 8.61. The fourth-order valence-electron chi connectivity index (χ4n) is 5.55. The summed E-state index contributed by atoms with van der Waals surface area (Å²) < 4.78 is 31.1. The van der Waals surface area contributed by atoms with E-state index in [4.69, 9.17) is 0 Å². The molecule has 1 aliphatic heterocycles. The van der Waals surface area contributed by atoms with Crippen LogP contribution in [0.4, 0.5) is 8.78 Å². The number of nitrogens with one attached hydrogen (secondary N) is 1. The summed E-state index contributed by atoms with van der Waals surface area (Å²) in [7, 11) is 1.49. The molecular weight excluding hydrogens is 414 g/mol. The van der Waals surface area contributed by atoms with E-state index in [1.807, 2.05) is 0 Å². The molecule has 1 amide bonds. The first-order valence-corrected chi connectivity index (χ1v) is 11.7. The van der Waals surface area contributed by atoms with Crippen LogP contribution in [0, 0.1) is 17.0 Å². The molecular formula is C24H34F2N4O2. The van der Waals surface area contributed by atoms with E-state index in [-0.39, 0.29) is 23.2 Å². The third-order valence-corrected chi connectivity index (χ3v) is 7.65. The Morgan fingerprint density at radius 1 is 1.03 bits per heavy atom. The standard InChI is InChI=1S/C24H34F2N4O2/c1-15(22(31)27-4)29-20-13-18(25)19(26)14-21(20)30(23(29)32)17-7-11-28(12-8-17)16-5-9-24(2,3)10-6-16/h13-17H,5-12H2,1-4H3,(H,27,31). The highest BCUT2D eigenvalue weighted by atomic mass is 19.2. The number of imidazole rings is 1. The first kappa shape index (κ1) is 23.0. The van der Waals surface area contributed by atoms with Crippen LogP contribution in [0.1, 0.15) is 71.4 Å². The minimum atomic E-state index is -1.03. The fraction of sp³-hybridized carbons (Fsp3) is 0.667. The van der Waals surface area contributed by atoms with Crippen LogP contribution < -0.4 is 11.0 Å². The Morgan fingerprint density at radius 3 is 2.16 bits per heavy atom. The molecule has 0 radical (unpaired) electrons. The Kier molecular flexibility index (Phi) is 6.18. The van der Waals surface area contributed by atoms with E-state index >= 15 is 0 Å². The van der Waals surface area contributed by atoms with Gasteiger partial charge in [-0.1, -0.05) is 13.8 Å². The molecule has 0 bridgehead atoms. The molecule has 0 spiro atoms. The molecule has 4 rings (SSSR count). The van der Waals surface area contributed by atoms with Crippen molar-refractivity contribution in [1.82, 2.24) is 19.4 Å². The number of rotatable bonds is 4. The molecule has 2 fully saturated rings. The minimum absolute atomic E-state index is 0.107. The molecule has 1 saturated heterocycles. The van der Waals surface area contributed by atoms with Gasteiger partial charge in [-0.05, 0) is 50.9 Å². The number of amides is 1. The molecule has 1 unspecified atom stereocenters. The summed E-state index contributed by atoms with van der Waals surface area (Å²) in [6, 6.07) is 1.77. The third-order valence-electron chi connectivity index (χ3n) is 7.65. The molecule has 2 aliphatic rings. The van der Waals surface area contributed by atoms with Gasteiger partial charge in [0.05, 0.1) is 11.0 Å². The maximum atomic E-state index is 14.1. The molecule has 1 saturated carbocycles. The first-order chi connectivity index (χ1) is 15.1. The summed E-state index contributed by atoms with van der Waals surface area (Å²) in [5.41, 5.74) is 0.633. The van der Waals surface area contributed by atoms with Crippen molar-refractivity contribution < 1.29 is 13.6 Å². The summed E-state index contributed by atoms with van der Waals surface area (Å²) in [4.78, 5) is 28.2. The highest BCUT2D eigenvalue weighted by Gasteiger charge is 2.34. The molecule has 1 N–H and O–H groups in total. The summed E-state index contributed by atoms with van der Waals surface area (Å²) >= 11 is 0. The van der Waals surface area contributed by atoms with Crippen molar-refractivity contribution in [2.45, 2.75) is 77.4 Å². The lowest BCUT2D eigenvalue weighted by atomic mass is 9.75. The lowest BCUT2D eigenvalue weighted by Gasteiger charge is -2.43. The van der Waals surface area contributed by atoms with Gasteiger partial charge in [-0.2, -0.15) is 0 Å². The van der Waals surface area contributed by atoms with Crippen molar-refractivity contribution in [3.8, 4) is 0 Å². The molecule has 176 valence electrons. The number of likely N-dealkylation sites (tertiary alicyclic amines) is 1. The van der Waals surface area contributed by atoms with Crippen molar-refractivity contribution in [3.63, 3.8) is 0 Å². The number of carbonyl (C=O) groups excluding carboxylic acids is 1. The van der Waals surface area contributed by atoms with E-state index in [2.05, 4.69) is 24.1 Å². The number of benzene rings is 1. The molecule has 32 heavy (non-hydrogen) atoms. The number of fused-ring (bicyclic) bond motifs is 1. The van der Waals surface area contributed by atoms with Crippen LogP contribution >= 0.6 is 0 Å². The van der Waals surface area contributed by atoms with Crippen LogP contribution in [-0.2, 0) is 4.79 Å². The summed E-state index contributed by atoms with van der Waals surface area (Å²) in [5, 5.41) is 2.54. The maximum Gasteiger partial charge on any atom is 0.330 e. The second-order valence-corrected chi connectivity index (χ2v) is 10.2. The lowest BCUT2D eigenvalue weighted by Crippen LogP contribution is -2.45. The summed E-state index contributed by atoms with van der Waals surface area (Å²) in [6.07, 6.45) is 6.40. The quantitative estimate of drug-likeness (QED) is 0.769. The van der Waals surface area contributed by atoms with Crippen molar-refractivity contribution >= 4 is 16.9 Å². The number of aromatic nitrogens is 2. The molecule has 8 heteroatoms. The number of halogens is 2. The molecule has 1 aromatic heterocycles. The van der Waals surface area contributed by atoms with Crippen molar-refractivity contribution in [1.29, 1.82) is 0 Å². The Bertz CT molecular complexity index is 1060. The molecule has 2 heterocycles. The van der Waals surface area contributed by atoms with Crippen LogP contribution in [0.15, 0.2) is 16.9 Å². The van der Waals surface area contributed by atoms with Gasteiger partial charge in [0.25, 0.3) is 0 Å². The highest BCUT2D eigenvalue weighted by molar-refractivity contribution is 5.83. The molecule has 1 aliphatic carbocycles. The van der Waals surface area contributed by atoms with Gasteiger partial charge in [0, 0.05) is 44.4 Å². The summed E-state index contributed by atoms with van der Waals surface area (Å²) in [5.74, 6) is -2.37. The Balaban J connectivity index is 1.62. The molecule has 1 aromatic carbocycles. The Hall–Kier alpha value is -2.22. The number of nitrogens with zero attached hydrogens (tertiary/aromatic N) is 3. The molecule has 1 atom stereocenters. The summed E-state index contributed by atoms with van der Waals surface area (Å²) in [6.45, 7) is 8.02. The monoisotopic (exact) mass is 448 g/mol. The zero-order valence-corrected chi connectivity index (χ0v) is 19.5. The van der Waals surface area contributed by atoms with Gasteiger partial charge in [-0.25, -0.2) is 13.6 Å². The van der Waals surface area contributed by atoms with Crippen LogP contribution in [0.3, 0.4) is 0 Å². The SMILES string of the molecule is CNC(=O)C(C)n1c(=O)n(C2CCN(C3CCC(C)(C)CC3)CC2)c2cc(F)c(F)cc21. The minimum Gasteiger partial charge on any atom is -0.357 e. The van der Waals surface area contributed by atoms with E-state index in [1.165, 1.54) is 37.3 Å². The van der Waals surface area contributed by atoms with E-state index in [0.717, 1.165) is 38.1 Å². The fourth-order valence-corrected chi connectivity index (χ4v) is 5.55. The van der Waals surface area contributed by atoms with Gasteiger partial charge in [-0.3, -0.25) is 13.9 Å². The second-order valence-electron chi connectivity index (χ2n) is 10.2. The smallest absolute Gasteiger partial charge is 0.330 e.